The number of carbonyl (C=O) groups excluding carboxylic acids is 1. The van der Waals surface area contributed by atoms with E-state index in [9.17, 15) is 4.79 Å². The van der Waals surface area contributed by atoms with Crippen molar-refractivity contribution in [2.45, 2.75) is 46.6 Å². The summed E-state index contributed by atoms with van der Waals surface area (Å²) in [5.74, 6) is 2.17. The summed E-state index contributed by atoms with van der Waals surface area (Å²) in [5, 5.41) is 5.31. The molecule has 2 N–H and O–H groups in total. The Bertz CT molecular complexity index is 1040. The van der Waals surface area contributed by atoms with Gasteiger partial charge < -0.3 is 15.1 Å². The summed E-state index contributed by atoms with van der Waals surface area (Å²) in [6, 6.07) is 4.01. The third-order valence-corrected chi connectivity index (χ3v) is 5.84. The number of rotatable bonds is 4. The van der Waals surface area contributed by atoms with Crippen LogP contribution in [-0.2, 0) is 0 Å². The van der Waals surface area contributed by atoms with Gasteiger partial charge in [0.2, 0.25) is 0 Å². The highest BCUT2D eigenvalue weighted by Crippen LogP contribution is 2.31. The van der Waals surface area contributed by atoms with Gasteiger partial charge in [-0.3, -0.25) is 4.79 Å². The average Bonchev–Trinajstić information content (AvgIpc) is 3.29. The van der Waals surface area contributed by atoms with Crippen molar-refractivity contribution in [1.29, 1.82) is 0 Å². The summed E-state index contributed by atoms with van der Waals surface area (Å²) in [4.78, 5) is 20.3. The Morgan fingerprint density at radius 3 is 2.59 bits per heavy atom. The van der Waals surface area contributed by atoms with Crippen molar-refractivity contribution in [3.63, 3.8) is 0 Å². The van der Waals surface area contributed by atoms with Gasteiger partial charge in [0.15, 0.2) is 5.65 Å². The molecule has 7 heteroatoms. The number of aromatic nitrogens is 3. The monoisotopic (exact) mass is 395 g/mol. The molecule has 0 aromatic carbocycles. The molecule has 3 aromatic rings. The topological polar surface area (TPSA) is 90.2 Å². The number of hydrogen-bond acceptors (Lipinski definition) is 5. The van der Waals surface area contributed by atoms with Gasteiger partial charge in [0.05, 0.1) is 22.8 Å². The summed E-state index contributed by atoms with van der Waals surface area (Å²) < 4.78 is 7.58. The van der Waals surface area contributed by atoms with Gasteiger partial charge in [-0.2, -0.15) is 5.10 Å². The molecule has 0 saturated carbocycles. The Morgan fingerprint density at radius 1 is 1.28 bits per heavy atom. The standard InChI is InChI=1S/C22H29N5O2/c1-13(2)27-21-19(12-24-27)18(22(28)26-7-5-16(11-23)6-8-26)10-20(25-21)17-9-14(3)29-15(17)4/h9-10,12-13,16H,5-8,11,23H2,1-4H3. The van der Waals surface area contributed by atoms with Crippen LogP contribution in [0, 0.1) is 19.8 Å². The lowest BCUT2D eigenvalue weighted by Crippen LogP contribution is -2.40. The zero-order valence-corrected chi connectivity index (χ0v) is 17.6. The summed E-state index contributed by atoms with van der Waals surface area (Å²) in [6.45, 7) is 10.1. The van der Waals surface area contributed by atoms with Crippen molar-refractivity contribution in [3.8, 4) is 11.3 Å². The molecule has 1 amide bonds. The third kappa shape index (κ3) is 3.55. The molecule has 4 rings (SSSR count). The van der Waals surface area contributed by atoms with Crippen LogP contribution in [0.25, 0.3) is 22.3 Å². The number of nitrogens with two attached hydrogens (primary N) is 1. The Hall–Kier alpha value is -2.67. The Morgan fingerprint density at radius 2 is 2.00 bits per heavy atom. The van der Waals surface area contributed by atoms with Crippen molar-refractivity contribution in [1.82, 2.24) is 19.7 Å². The van der Waals surface area contributed by atoms with E-state index in [0.717, 1.165) is 59.7 Å². The molecule has 0 unspecified atom stereocenters. The fourth-order valence-electron chi connectivity index (χ4n) is 4.14. The van der Waals surface area contributed by atoms with E-state index in [1.54, 1.807) is 6.20 Å². The molecule has 0 bridgehead atoms. The first-order valence-electron chi connectivity index (χ1n) is 10.3. The predicted molar refractivity (Wildman–Crippen MR) is 113 cm³/mol. The van der Waals surface area contributed by atoms with Gasteiger partial charge in [-0.05, 0) is 65.1 Å². The zero-order chi connectivity index (χ0) is 20.7. The molecule has 1 aliphatic rings. The van der Waals surface area contributed by atoms with Crippen LogP contribution in [0.4, 0.5) is 0 Å². The summed E-state index contributed by atoms with van der Waals surface area (Å²) >= 11 is 0. The molecule has 7 nitrogen and oxygen atoms in total. The molecule has 3 aromatic heterocycles. The van der Waals surface area contributed by atoms with Crippen molar-refractivity contribution in [2.24, 2.45) is 11.7 Å². The number of furan rings is 1. The normalized spacial score (nSPS) is 15.6. The molecule has 0 radical (unpaired) electrons. The lowest BCUT2D eigenvalue weighted by molar-refractivity contribution is 0.0695. The number of fused-ring (bicyclic) bond motifs is 1. The number of pyridine rings is 1. The first-order valence-corrected chi connectivity index (χ1v) is 10.3. The van der Waals surface area contributed by atoms with E-state index in [2.05, 4.69) is 18.9 Å². The second-order valence-electron chi connectivity index (χ2n) is 8.27. The van der Waals surface area contributed by atoms with Crippen LogP contribution in [0.1, 0.15) is 54.6 Å². The average molecular weight is 396 g/mol. The molecule has 154 valence electrons. The van der Waals surface area contributed by atoms with Gasteiger partial charge in [-0.15, -0.1) is 0 Å². The van der Waals surface area contributed by atoms with Crippen LogP contribution in [-0.4, -0.2) is 45.2 Å². The molecule has 1 fully saturated rings. The quantitative estimate of drug-likeness (QED) is 0.727. The van der Waals surface area contributed by atoms with Crippen LogP contribution in [0.2, 0.25) is 0 Å². The summed E-state index contributed by atoms with van der Waals surface area (Å²) in [7, 11) is 0. The molecule has 1 aliphatic heterocycles. The minimum absolute atomic E-state index is 0.0373. The van der Waals surface area contributed by atoms with Gasteiger partial charge in [-0.25, -0.2) is 9.67 Å². The number of likely N-dealkylation sites (tertiary alicyclic amines) is 1. The highest BCUT2D eigenvalue weighted by atomic mass is 16.3. The molecule has 1 saturated heterocycles. The van der Waals surface area contributed by atoms with E-state index in [1.807, 2.05) is 35.6 Å². The molecule has 0 aliphatic carbocycles. The number of nitrogens with zero attached hydrogens (tertiary/aromatic N) is 4. The molecular formula is C22H29N5O2. The van der Waals surface area contributed by atoms with Crippen LogP contribution in [0.15, 0.2) is 22.7 Å². The number of hydrogen-bond donors (Lipinski definition) is 1. The van der Waals surface area contributed by atoms with Crippen molar-refractivity contribution >= 4 is 16.9 Å². The van der Waals surface area contributed by atoms with Gasteiger partial charge in [-0.1, -0.05) is 0 Å². The molecule has 4 heterocycles. The minimum Gasteiger partial charge on any atom is -0.466 e. The van der Waals surface area contributed by atoms with E-state index in [-0.39, 0.29) is 11.9 Å². The number of aryl methyl sites for hydroxylation is 2. The van der Waals surface area contributed by atoms with Gasteiger partial charge in [0.25, 0.3) is 5.91 Å². The fourth-order valence-corrected chi connectivity index (χ4v) is 4.14. The lowest BCUT2D eigenvalue weighted by atomic mass is 9.96. The van der Waals surface area contributed by atoms with Crippen LogP contribution in [0.3, 0.4) is 0 Å². The SMILES string of the molecule is Cc1cc(-c2cc(C(=O)N3CCC(CN)CC3)c3cnn(C(C)C)c3n2)c(C)o1. The second kappa shape index (κ2) is 7.63. The van der Waals surface area contributed by atoms with Crippen LogP contribution >= 0.6 is 0 Å². The van der Waals surface area contributed by atoms with E-state index in [0.29, 0.717) is 18.0 Å². The Kier molecular flexibility index (Phi) is 5.17. The van der Waals surface area contributed by atoms with Crippen molar-refractivity contribution in [3.05, 3.63) is 35.4 Å². The maximum Gasteiger partial charge on any atom is 0.254 e. The van der Waals surface area contributed by atoms with Crippen LogP contribution < -0.4 is 5.73 Å². The maximum absolute atomic E-state index is 13.5. The highest BCUT2D eigenvalue weighted by molar-refractivity contribution is 6.06. The highest BCUT2D eigenvalue weighted by Gasteiger charge is 2.26. The molecule has 0 spiro atoms. The number of piperidine rings is 1. The van der Waals surface area contributed by atoms with Gasteiger partial charge >= 0.3 is 0 Å². The molecular weight excluding hydrogens is 366 g/mol. The van der Waals surface area contributed by atoms with Crippen LogP contribution in [0.5, 0.6) is 0 Å². The Labute approximate surface area is 170 Å². The Balaban J connectivity index is 1.82. The largest absolute Gasteiger partial charge is 0.466 e. The molecule has 29 heavy (non-hydrogen) atoms. The van der Waals surface area contributed by atoms with E-state index >= 15 is 0 Å². The zero-order valence-electron chi connectivity index (χ0n) is 17.6. The number of carbonyl (C=O) groups is 1. The first kappa shape index (κ1) is 19.6. The third-order valence-electron chi connectivity index (χ3n) is 5.84. The smallest absolute Gasteiger partial charge is 0.254 e. The number of amides is 1. The van der Waals surface area contributed by atoms with E-state index in [4.69, 9.17) is 15.1 Å². The van der Waals surface area contributed by atoms with Gasteiger partial charge in [0.1, 0.15) is 11.5 Å². The fraction of sp³-hybridized carbons (Fsp3) is 0.500. The lowest BCUT2D eigenvalue weighted by Gasteiger charge is -2.31. The molecule has 0 atom stereocenters. The maximum atomic E-state index is 13.5. The summed E-state index contributed by atoms with van der Waals surface area (Å²) in [6.07, 6.45) is 3.67. The van der Waals surface area contributed by atoms with Crippen molar-refractivity contribution < 1.29 is 9.21 Å². The van der Waals surface area contributed by atoms with E-state index < -0.39 is 0 Å². The first-order chi connectivity index (χ1) is 13.9. The predicted octanol–water partition coefficient (Wildman–Crippen LogP) is 3.70. The van der Waals surface area contributed by atoms with Gasteiger partial charge in [0, 0.05) is 24.7 Å². The summed E-state index contributed by atoms with van der Waals surface area (Å²) in [5.41, 5.74) is 8.86. The minimum atomic E-state index is 0.0373. The van der Waals surface area contributed by atoms with Crippen molar-refractivity contribution in [2.75, 3.05) is 19.6 Å². The second-order valence-corrected chi connectivity index (χ2v) is 8.27. The van der Waals surface area contributed by atoms with E-state index in [1.165, 1.54) is 0 Å².